The number of hydrogen-bond acceptors (Lipinski definition) is 12. The molecular weight excluding hydrogens is 354 g/mol. The summed E-state index contributed by atoms with van der Waals surface area (Å²) in [5.41, 5.74) is 0. The summed E-state index contributed by atoms with van der Waals surface area (Å²) in [6.45, 7) is -2.63. The van der Waals surface area contributed by atoms with Crippen LogP contribution in [0, 0.1) is 0 Å². The third kappa shape index (κ3) is 18.9. The number of phosphoric acid groups is 2. The summed E-state index contributed by atoms with van der Waals surface area (Å²) in [5.74, 6) is -1.48. The van der Waals surface area contributed by atoms with Crippen LogP contribution in [0.4, 0.5) is 0 Å². The van der Waals surface area contributed by atoms with Crippen molar-refractivity contribution >= 4 is 21.4 Å². The fourth-order valence-electron chi connectivity index (χ4n) is 0.895. The molecular formula is C6H10Li4O12P2. The SMILES string of the molecule is O=C(COP(=O)([O-])[O-])[C@@H](O)[C@H](O)[C@H](O)COP(=O)([O-])[O-].[Li+].[Li+].[Li+].[Li+]. The molecule has 0 spiro atoms. The second-order valence-electron chi connectivity index (χ2n) is 3.43. The van der Waals surface area contributed by atoms with Gasteiger partial charge in [-0.2, -0.15) is 0 Å². The average molecular weight is 364 g/mol. The number of rotatable bonds is 9. The van der Waals surface area contributed by atoms with E-state index in [1.54, 1.807) is 0 Å². The van der Waals surface area contributed by atoms with E-state index in [1.165, 1.54) is 0 Å². The summed E-state index contributed by atoms with van der Waals surface area (Å²) in [4.78, 5) is 51.4. The Morgan fingerprint density at radius 2 is 1.25 bits per heavy atom. The molecule has 0 aliphatic carbocycles. The van der Waals surface area contributed by atoms with E-state index in [2.05, 4.69) is 9.05 Å². The Balaban J connectivity index is -0.000000301. The molecule has 0 unspecified atom stereocenters. The van der Waals surface area contributed by atoms with Crippen molar-refractivity contribution in [2.24, 2.45) is 0 Å². The molecule has 0 aromatic rings. The molecule has 0 saturated heterocycles. The Morgan fingerprint density at radius 3 is 1.58 bits per heavy atom. The minimum Gasteiger partial charge on any atom is -0.790 e. The molecule has 0 saturated carbocycles. The van der Waals surface area contributed by atoms with Crippen molar-refractivity contribution in [3.05, 3.63) is 0 Å². The molecule has 0 fully saturated rings. The fraction of sp³-hybridized carbons (Fsp3) is 0.833. The zero-order chi connectivity index (χ0) is 16.1. The molecule has 18 heteroatoms. The van der Waals surface area contributed by atoms with Gasteiger partial charge in [-0.05, 0) is 0 Å². The number of aliphatic hydroxyl groups is 3. The number of hydrogen-bond donors (Lipinski definition) is 3. The number of carbonyl (C=O) groups excluding carboxylic acids is 1. The van der Waals surface area contributed by atoms with Gasteiger partial charge in [-0.15, -0.1) is 0 Å². The van der Waals surface area contributed by atoms with E-state index in [4.69, 9.17) is 10.2 Å². The van der Waals surface area contributed by atoms with Gasteiger partial charge in [0.2, 0.25) is 0 Å². The first-order valence-corrected chi connectivity index (χ1v) is 7.65. The minimum atomic E-state index is -5.47. The Bertz CT molecular complexity index is 426. The molecule has 120 valence electrons. The van der Waals surface area contributed by atoms with Crippen molar-refractivity contribution in [1.82, 2.24) is 0 Å². The van der Waals surface area contributed by atoms with Crippen LogP contribution in [0.25, 0.3) is 0 Å². The largest absolute Gasteiger partial charge is 1.00 e. The van der Waals surface area contributed by atoms with Crippen LogP contribution >= 0.6 is 15.6 Å². The number of Topliss-reactive ketones (excluding diaryl/α,β-unsaturated/α-hetero) is 1. The van der Waals surface area contributed by atoms with Gasteiger partial charge in [0.15, 0.2) is 5.78 Å². The van der Waals surface area contributed by atoms with Crippen molar-refractivity contribution in [3.63, 3.8) is 0 Å². The predicted octanol–water partition coefficient (Wildman–Crippen LogP) is -17.7. The molecule has 0 rings (SSSR count). The molecule has 0 aliphatic rings. The second-order valence-corrected chi connectivity index (χ2v) is 5.74. The van der Waals surface area contributed by atoms with Crippen molar-refractivity contribution in [2.45, 2.75) is 18.3 Å². The molecule has 0 heterocycles. The number of ketones is 1. The minimum absolute atomic E-state index is 0. The molecule has 0 radical (unpaired) electrons. The molecule has 3 atom stereocenters. The number of phosphoric ester groups is 2. The Labute approximate surface area is 185 Å². The van der Waals surface area contributed by atoms with Gasteiger partial charge in [-0.25, -0.2) is 0 Å². The molecule has 0 aliphatic heterocycles. The van der Waals surface area contributed by atoms with Gasteiger partial charge in [0.05, 0.1) is 22.3 Å². The zero-order valence-corrected chi connectivity index (χ0v) is 15.3. The topological polar surface area (TPSA) is 223 Å². The Kier molecular flexibility index (Phi) is 24.9. The Hall–Kier alpha value is 2.16. The van der Waals surface area contributed by atoms with E-state index in [1.807, 2.05) is 0 Å². The maximum Gasteiger partial charge on any atom is 1.00 e. The summed E-state index contributed by atoms with van der Waals surface area (Å²) in [6.07, 6.45) is -6.83. The van der Waals surface area contributed by atoms with Crippen molar-refractivity contribution in [2.75, 3.05) is 13.2 Å². The van der Waals surface area contributed by atoms with Crippen LogP contribution in [0.5, 0.6) is 0 Å². The van der Waals surface area contributed by atoms with E-state index in [0.717, 1.165) is 0 Å². The third-order valence-corrected chi connectivity index (χ3v) is 2.73. The number of aliphatic hydroxyl groups excluding tert-OH is 3. The molecule has 0 amide bonds. The van der Waals surface area contributed by atoms with Crippen LogP contribution < -0.4 is 95.0 Å². The zero-order valence-electron chi connectivity index (χ0n) is 13.6. The van der Waals surface area contributed by atoms with E-state index in [-0.39, 0.29) is 75.4 Å². The van der Waals surface area contributed by atoms with Gasteiger partial charge in [0, 0.05) is 0 Å². The summed E-state index contributed by atoms with van der Waals surface area (Å²) < 4.78 is 27.3. The van der Waals surface area contributed by atoms with E-state index < -0.39 is 53.0 Å². The van der Waals surface area contributed by atoms with Gasteiger partial charge in [0.25, 0.3) is 0 Å². The van der Waals surface area contributed by atoms with Crippen molar-refractivity contribution < 1.29 is 133 Å². The quantitative estimate of drug-likeness (QED) is 0.256. The van der Waals surface area contributed by atoms with Gasteiger partial charge >= 0.3 is 75.4 Å². The summed E-state index contributed by atoms with van der Waals surface area (Å²) in [7, 11) is -10.9. The van der Waals surface area contributed by atoms with Gasteiger partial charge in [0.1, 0.15) is 24.9 Å². The maximum atomic E-state index is 11.1. The van der Waals surface area contributed by atoms with Crippen LogP contribution in [0.15, 0.2) is 0 Å². The molecule has 24 heavy (non-hydrogen) atoms. The monoisotopic (exact) mass is 364 g/mol. The van der Waals surface area contributed by atoms with E-state index in [0.29, 0.717) is 0 Å². The van der Waals surface area contributed by atoms with Crippen LogP contribution in [0.3, 0.4) is 0 Å². The maximum absolute atomic E-state index is 11.1. The molecule has 3 N–H and O–H groups in total. The van der Waals surface area contributed by atoms with Crippen LogP contribution in [0.2, 0.25) is 0 Å². The third-order valence-electron chi connectivity index (χ3n) is 1.82. The van der Waals surface area contributed by atoms with Gasteiger partial charge in [-0.1, -0.05) is 0 Å². The molecule has 12 nitrogen and oxygen atoms in total. The summed E-state index contributed by atoms with van der Waals surface area (Å²) in [5, 5.41) is 27.5. The fourth-order valence-corrected chi connectivity index (χ4v) is 1.52. The first kappa shape index (κ1) is 37.0. The molecule has 0 aromatic heterocycles. The van der Waals surface area contributed by atoms with E-state index >= 15 is 0 Å². The first-order chi connectivity index (χ1) is 8.83. The Morgan fingerprint density at radius 1 is 0.875 bits per heavy atom. The smallest absolute Gasteiger partial charge is 0.790 e. The number of carbonyl (C=O) groups is 1. The second kappa shape index (κ2) is 16.1. The van der Waals surface area contributed by atoms with Gasteiger partial charge < -0.3 is 53.1 Å². The van der Waals surface area contributed by atoms with Crippen LogP contribution in [0.1, 0.15) is 0 Å². The van der Waals surface area contributed by atoms with Crippen molar-refractivity contribution in [1.29, 1.82) is 0 Å². The molecule has 0 bridgehead atoms. The van der Waals surface area contributed by atoms with E-state index in [9.17, 15) is 38.6 Å². The summed E-state index contributed by atoms with van der Waals surface area (Å²) in [6, 6.07) is 0. The average Bonchev–Trinajstić information content (AvgIpc) is 2.29. The van der Waals surface area contributed by atoms with Crippen LogP contribution in [-0.4, -0.2) is 52.6 Å². The van der Waals surface area contributed by atoms with Crippen LogP contribution in [-0.2, 0) is 23.0 Å². The first-order valence-electron chi connectivity index (χ1n) is 4.73. The van der Waals surface area contributed by atoms with Crippen molar-refractivity contribution in [3.8, 4) is 0 Å². The predicted molar refractivity (Wildman–Crippen MR) is 50.1 cm³/mol. The summed E-state index contributed by atoms with van der Waals surface area (Å²) >= 11 is 0. The standard InChI is InChI=1S/C6H14O12P2.4Li/c7-3(1-17-19(11,12)13)5(9)6(10)4(8)2-18-20(14,15)16;;;;/h3,5-7,9-10H,1-2H2,(H2,11,12,13)(H2,14,15,16);;;;/q;4*+1/p-4/t3-,5-,6-;;;;/m1..../s1. The molecule has 0 aromatic carbocycles. The normalized spacial score (nSPS) is 14.6. The van der Waals surface area contributed by atoms with Gasteiger partial charge in [-0.3, -0.25) is 4.79 Å².